The van der Waals surface area contributed by atoms with E-state index in [4.69, 9.17) is 0 Å². The third-order valence-electron chi connectivity index (χ3n) is 6.12. The summed E-state index contributed by atoms with van der Waals surface area (Å²) in [6, 6.07) is 17.2. The van der Waals surface area contributed by atoms with Gasteiger partial charge in [-0.25, -0.2) is 8.42 Å². The third-order valence-corrected chi connectivity index (χ3v) is 7.98. The van der Waals surface area contributed by atoms with Gasteiger partial charge < -0.3 is 5.32 Å². The number of nitrogens with one attached hydrogen (secondary N) is 1. The number of amides is 1. The number of hydrogen-bond donors (Lipinski definition) is 1. The molecule has 0 fully saturated rings. The average molecular weight is 437 g/mol. The molecule has 0 radical (unpaired) electrons. The lowest BCUT2D eigenvalue weighted by atomic mass is 9.99. The maximum absolute atomic E-state index is 13.0. The predicted octanol–water partition coefficient (Wildman–Crippen LogP) is 5.01. The van der Waals surface area contributed by atoms with E-state index >= 15 is 0 Å². The Balaban J connectivity index is 1.42. The molecule has 1 atom stereocenters. The van der Waals surface area contributed by atoms with E-state index in [2.05, 4.69) is 44.3 Å². The van der Waals surface area contributed by atoms with Crippen LogP contribution in [0.2, 0.25) is 0 Å². The maximum atomic E-state index is 13.0. The van der Waals surface area contributed by atoms with Crippen LogP contribution < -0.4 is 9.62 Å². The molecular formula is C25H28N2O3S. The highest BCUT2D eigenvalue weighted by Crippen LogP contribution is 2.41. The first kappa shape index (κ1) is 21.4. The Morgan fingerprint density at radius 1 is 1.03 bits per heavy atom. The Kier molecular flexibility index (Phi) is 5.75. The van der Waals surface area contributed by atoms with Crippen molar-refractivity contribution in [2.24, 2.45) is 0 Å². The topological polar surface area (TPSA) is 66.5 Å². The minimum atomic E-state index is -3.57. The van der Waals surface area contributed by atoms with Crippen LogP contribution in [0.4, 0.5) is 5.69 Å². The van der Waals surface area contributed by atoms with Gasteiger partial charge in [-0.3, -0.25) is 9.10 Å². The van der Waals surface area contributed by atoms with Crippen molar-refractivity contribution < 1.29 is 13.2 Å². The highest BCUT2D eigenvalue weighted by Gasteiger charge is 2.35. The second kappa shape index (κ2) is 8.35. The lowest BCUT2D eigenvalue weighted by Gasteiger charge is -2.20. The summed E-state index contributed by atoms with van der Waals surface area (Å²) in [7, 11) is -3.57. The van der Waals surface area contributed by atoms with Crippen LogP contribution in [0.15, 0.2) is 59.5 Å². The summed E-state index contributed by atoms with van der Waals surface area (Å²) in [6.45, 7) is 6.48. The van der Waals surface area contributed by atoms with Crippen molar-refractivity contribution in [3.63, 3.8) is 0 Å². The maximum Gasteiger partial charge on any atom is 0.265 e. The second-order valence-corrected chi connectivity index (χ2v) is 10.0. The molecular weight excluding hydrogens is 408 g/mol. The number of carbonyl (C=O) groups is 1. The fourth-order valence-electron chi connectivity index (χ4n) is 4.25. The summed E-state index contributed by atoms with van der Waals surface area (Å²) in [6.07, 6.45) is 1.53. The van der Waals surface area contributed by atoms with E-state index in [-0.39, 0.29) is 24.9 Å². The quantitative estimate of drug-likeness (QED) is 0.566. The van der Waals surface area contributed by atoms with Gasteiger partial charge in [0.25, 0.3) is 10.0 Å². The zero-order valence-electron chi connectivity index (χ0n) is 18.2. The second-order valence-electron chi connectivity index (χ2n) is 8.18. The molecule has 3 aromatic rings. The molecule has 5 nitrogen and oxygen atoms in total. The third kappa shape index (κ3) is 3.92. The molecule has 1 unspecified atom stereocenters. The van der Waals surface area contributed by atoms with E-state index < -0.39 is 10.0 Å². The normalized spacial score (nSPS) is 15.3. The molecule has 0 aliphatic carbocycles. The molecule has 4 rings (SSSR count). The van der Waals surface area contributed by atoms with Crippen molar-refractivity contribution in [1.29, 1.82) is 0 Å². The molecule has 1 aliphatic rings. The average Bonchev–Trinajstić information content (AvgIpc) is 2.97. The van der Waals surface area contributed by atoms with Crippen molar-refractivity contribution in [3.05, 3.63) is 71.3 Å². The standard InChI is InChI=1S/C25H28N2O3S/c1-4-21(20-14-13-17(2)18(3)16-20)26-24(28)12-7-15-27-22-10-5-8-19-9-6-11-23(25(19)22)31(27,29)30/h5-6,8-11,13-14,16,21H,4,7,12,15H2,1-3H3,(H,26,28). The summed E-state index contributed by atoms with van der Waals surface area (Å²) >= 11 is 0. The van der Waals surface area contributed by atoms with Gasteiger partial charge in [0.1, 0.15) is 0 Å². The lowest BCUT2D eigenvalue weighted by molar-refractivity contribution is -0.121. The van der Waals surface area contributed by atoms with E-state index in [9.17, 15) is 13.2 Å². The lowest BCUT2D eigenvalue weighted by Crippen LogP contribution is -2.31. The van der Waals surface area contributed by atoms with E-state index in [1.54, 1.807) is 12.1 Å². The molecule has 1 heterocycles. The summed E-state index contributed by atoms with van der Waals surface area (Å²) in [5.41, 5.74) is 4.24. The minimum Gasteiger partial charge on any atom is -0.349 e. The number of nitrogens with zero attached hydrogens (tertiary/aromatic N) is 1. The molecule has 6 heteroatoms. The molecule has 0 saturated carbocycles. The summed E-state index contributed by atoms with van der Waals surface area (Å²) in [5, 5.41) is 4.79. The minimum absolute atomic E-state index is 0.0414. The molecule has 1 aliphatic heterocycles. The highest BCUT2D eigenvalue weighted by atomic mass is 32.2. The molecule has 3 aromatic carbocycles. The molecule has 0 spiro atoms. The first-order valence-electron chi connectivity index (χ1n) is 10.7. The van der Waals surface area contributed by atoms with Crippen LogP contribution >= 0.6 is 0 Å². The summed E-state index contributed by atoms with van der Waals surface area (Å²) in [5.74, 6) is -0.0580. The number of aryl methyl sites for hydroxylation is 2. The van der Waals surface area contributed by atoms with Crippen molar-refractivity contribution in [1.82, 2.24) is 5.32 Å². The van der Waals surface area contributed by atoms with Crippen molar-refractivity contribution in [2.75, 3.05) is 10.8 Å². The Labute approximate surface area is 184 Å². The zero-order valence-corrected chi connectivity index (χ0v) is 19.0. The van der Waals surface area contributed by atoms with Crippen LogP contribution in [0, 0.1) is 13.8 Å². The fraction of sp³-hybridized carbons (Fsp3) is 0.320. The van der Waals surface area contributed by atoms with Crippen LogP contribution in [0.1, 0.15) is 48.9 Å². The number of anilines is 1. The van der Waals surface area contributed by atoms with E-state index in [0.29, 0.717) is 17.0 Å². The van der Waals surface area contributed by atoms with Crippen LogP contribution in [-0.4, -0.2) is 20.9 Å². The first-order chi connectivity index (χ1) is 14.8. The van der Waals surface area contributed by atoms with Gasteiger partial charge in [0.2, 0.25) is 5.91 Å². The van der Waals surface area contributed by atoms with Crippen LogP contribution in [0.25, 0.3) is 10.8 Å². The largest absolute Gasteiger partial charge is 0.349 e. The Hall–Kier alpha value is -2.86. The SMILES string of the molecule is CCC(NC(=O)CCCN1c2cccc3cccc(c23)S1(=O)=O)c1ccc(C)c(C)c1. The van der Waals surface area contributed by atoms with E-state index in [1.165, 1.54) is 15.4 Å². The van der Waals surface area contributed by atoms with Crippen LogP contribution in [-0.2, 0) is 14.8 Å². The van der Waals surface area contributed by atoms with Crippen LogP contribution in [0.5, 0.6) is 0 Å². The molecule has 0 aromatic heterocycles. The van der Waals surface area contributed by atoms with Crippen molar-refractivity contribution in [2.45, 2.75) is 51.0 Å². The molecule has 1 N–H and O–H groups in total. The Morgan fingerprint density at radius 2 is 1.77 bits per heavy atom. The van der Waals surface area contributed by atoms with Crippen LogP contribution in [0.3, 0.4) is 0 Å². The van der Waals surface area contributed by atoms with Gasteiger partial charge in [0.05, 0.1) is 16.6 Å². The highest BCUT2D eigenvalue weighted by molar-refractivity contribution is 7.93. The number of rotatable bonds is 7. The zero-order chi connectivity index (χ0) is 22.2. The van der Waals surface area contributed by atoms with Crippen molar-refractivity contribution >= 4 is 32.4 Å². The monoisotopic (exact) mass is 436 g/mol. The van der Waals surface area contributed by atoms with E-state index in [0.717, 1.165) is 22.8 Å². The summed E-state index contributed by atoms with van der Waals surface area (Å²) in [4.78, 5) is 13.0. The van der Waals surface area contributed by atoms with Gasteiger partial charge >= 0.3 is 0 Å². The van der Waals surface area contributed by atoms with Gasteiger partial charge in [0.15, 0.2) is 0 Å². The number of hydrogen-bond acceptors (Lipinski definition) is 3. The number of carbonyl (C=O) groups excluding carboxylic acids is 1. The smallest absolute Gasteiger partial charge is 0.265 e. The summed E-state index contributed by atoms with van der Waals surface area (Å²) < 4.78 is 27.5. The molecule has 162 valence electrons. The van der Waals surface area contributed by atoms with Gasteiger partial charge in [-0.05, 0) is 60.9 Å². The van der Waals surface area contributed by atoms with Gasteiger partial charge in [-0.1, -0.05) is 49.4 Å². The number of benzene rings is 3. The van der Waals surface area contributed by atoms with Gasteiger partial charge in [0, 0.05) is 18.4 Å². The molecule has 31 heavy (non-hydrogen) atoms. The molecule has 1 amide bonds. The van der Waals surface area contributed by atoms with Gasteiger partial charge in [-0.2, -0.15) is 0 Å². The fourth-order valence-corrected chi connectivity index (χ4v) is 6.00. The Bertz CT molecular complexity index is 1250. The van der Waals surface area contributed by atoms with Gasteiger partial charge in [-0.15, -0.1) is 0 Å². The van der Waals surface area contributed by atoms with E-state index in [1.807, 2.05) is 24.3 Å². The first-order valence-corrected chi connectivity index (χ1v) is 12.2. The molecule has 0 bridgehead atoms. The van der Waals surface area contributed by atoms with Crippen molar-refractivity contribution in [3.8, 4) is 0 Å². The predicted molar refractivity (Wildman–Crippen MR) is 125 cm³/mol. The molecule has 0 saturated heterocycles. The Morgan fingerprint density at radius 3 is 2.48 bits per heavy atom. The number of sulfonamides is 1.